The molecule has 0 aliphatic carbocycles. The number of carbonyl (C=O) groups excluding carboxylic acids is 2. The smallest absolute Gasteiger partial charge is 0.340 e. The number of aromatic nitrogens is 1. The highest BCUT2D eigenvalue weighted by Gasteiger charge is 2.31. The molecule has 0 fully saturated rings. The van der Waals surface area contributed by atoms with Gasteiger partial charge in [-0.3, -0.25) is 4.79 Å². The predicted molar refractivity (Wildman–Crippen MR) is 95.7 cm³/mol. The average Bonchev–Trinajstić information content (AvgIpc) is 3.19. The van der Waals surface area contributed by atoms with E-state index in [9.17, 15) is 9.59 Å². The maximum atomic E-state index is 12.6. The quantitative estimate of drug-likeness (QED) is 0.748. The van der Waals surface area contributed by atoms with Crippen LogP contribution in [0.4, 0.5) is 5.69 Å². The Morgan fingerprint density at radius 3 is 2.80 bits per heavy atom. The van der Waals surface area contributed by atoms with E-state index in [-0.39, 0.29) is 18.6 Å². The number of para-hydroxylation sites is 2. The molecule has 1 amide bonds. The molecule has 0 saturated heterocycles. The molecule has 126 valence electrons. The van der Waals surface area contributed by atoms with Crippen LogP contribution in [0.25, 0.3) is 10.9 Å². The largest absolute Gasteiger partial charge is 0.452 e. The van der Waals surface area contributed by atoms with E-state index in [0.29, 0.717) is 5.56 Å². The number of nitrogens with one attached hydrogen (secondary N) is 1. The Morgan fingerprint density at radius 1 is 1.16 bits per heavy atom. The molecule has 25 heavy (non-hydrogen) atoms. The highest BCUT2D eigenvalue weighted by atomic mass is 16.5. The molecule has 1 aliphatic heterocycles. The van der Waals surface area contributed by atoms with Crippen molar-refractivity contribution in [2.45, 2.75) is 19.4 Å². The molecule has 5 nitrogen and oxygen atoms in total. The number of nitrogens with zero attached hydrogens (tertiary/aromatic N) is 1. The van der Waals surface area contributed by atoms with Gasteiger partial charge in [0.05, 0.1) is 5.56 Å². The van der Waals surface area contributed by atoms with Crippen LogP contribution in [0.3, 0.4) is 0 Å². The van der Waals surface area contributed by atoms with Crippen molar-refractivity contribution >= 4 is 28.5 Å². The Kier molecular flexibility index (Phi) is 3.76. The van der Waals surface area contributed by atoms with E-state index in [1.165, 1.54) is 0 Å². The fourth-order valence-corrected chi connectivity index (χ4v) is 3.46. The van der Waals surface area contributed by atoms with Crippen molar-refractivity contribution < 1.29 is 14.3 Å². The number of ether oxygens (including phenoxy) is 1. The molecule has 3 aromatic rings. The van der Waals surface area contributed by atoms with Crippen molar-refractivity contribution in [3.05, 3.63) is 65.9 Å². The lowest BCUT2D eigenvalue weighted by Crippen LogP contribution is -2.38. The number of aromatic amines is 1. The van der Waals surface area contributed by atoms with Crippen LogP contribution in [0.1, 0.15) is 22.8 Å². The second-order valence-electron chi connectivity index (χ2n) is 6.27. The summed E-state index contributed by atoms with van der Waals surface area (Å²) in [6.45, 7) is 1.73. The number of carbonyl (C=O) groups is 2. The molecule has 0 saturated carbocycles. The number of hydrogen-bond donors (Lipinski definition) is 1. The van der Waals surface area contributed by atoms with Gasteiger partial charge < -0.3 is 14.6 Å². The van der Waals surface area contributed by atoms with Gasteiger partial charge in [0.25, 0.3) is 5.91 Å². The maximum Gasteiger partial charge on any atom is 0.340 e. The van der Waals surface area contributed by atoms with Gasteiger partial charge in [-0.25, -0.2) is 4.79 Å². The number of esters is 1. The van der Waals surface area contributed by atoms with Gasteiger partial charge >= 0.3 is 5.97 Å². The van der Waals surface area contributed by atoms with Crippen LogP contribution in [-0.2, 0) is 16.0 Å². The third kappa shape index (κ3) is 2.67. The zero-order valence-corrected chi connectivity index (χ0v) is 13.9. The van der Waals surface area contributed by atoms with E-state index in [1.54, 1.807) is 11.1 Å². The Morgan fingerprint density at radius 2 is 1.92 bits per heavy atom. The fourth-order valence-electron chi connectivity index (χ4n) is 3.46. The van der Waals surface area contributed by atoms with Crippen LogP contribution in [0.5, 0.6) is 0 Å². The van der Waals surface area contributed by atoms with Gasteiger partial charge in [0, 0.05) is 28.8 Å². The molecular formula is C20H18N2O3. The number of hydrogen-bond acceptors (Lipinski definition) is 3. The van der Waals surface area contributed by atoms with Gasteiger partial charge in [0.15, 0.2) is 6.61 Å². The van der Waals surface area contributed by atoms with Gasteiger partial charge in [0.1, 0.15) is 0 Å². The SMILES string of the molecule is CC1Cc2ccccc2N1C(=O)COC(=O)c1c[nH]c2ccccc12. The molecule has 1 aliphatic rings. The van der Waals surface area contributed by atoms with E-state index in [2.05, 4.69) is 4.98 Å². The van der Waals surface area contributed by atoms with Crippen molar-refractivity contribution in [1.82, 2.24) is 4.98 Å². The first kappa shape index (κ1) is 15.4. The van der Waals surface area contributed by atoms with Gasteiger partial charge in [-0.2, -0.15) is 0 Å². The molecule has 1 atom stereocenters. The molecule has 1 aromatic heterocycles. The lowest BCUT2D eigenvalue weighted by atomic mass is 10.1. The van der Waals surface area contributed by atoms with Gasteiger partial charge in [-0.15, -0.1) is 0 Å². The Bertz CT molecular complexity index is 960. The van der Waals surface area contributed by atoms with Crippen LogP contribution in [0.2, 0.25) is 0 Å². The summed E-state index contributed by atoms with van der Waals surface area (Å²) < 4.78 is 5.28. The second-order valence-corrected chi connectivity index (χ2v) is 6.27. The van der Waals surface area contributed by atoms with E-state index >= 15 is 0 Å². The minimum atomic E-state index is -0.495. The summed E-state index contributed by atoms with van der Waals surface area (Å²) in [6, 6.07) is 15.4. The standard InChI is InChI=1S/C20H18N2O3/c1-13-10-14-6-2-5-9-18(14)22(13)19(23)12-25-20(24)16-11-21-17-8-4-3-7-15(16)17/h2-9,11,13,21H,10,12H2,1H3. The van der Waals surface area contributed by atoms with E-state index < -0.39 is 5.97 Å². The molecule has 4 rings (SSSR count). The summed E-state index contributed by atoms with van der Waals surface area (Å²) in [5.41, 5.74) is 3.36. The highest BCUT2D eigenvalue weighted by molar-refractivity contribution is 6.05. The Balaban J connectivity index is 1.48. The zero-order chi connectivity index (χ0) is 17.4. The lowest BCUT2D eigenvalue weighted by Gasteiger charge is -2.22. The highest BCUT2D eigenvalue weighted by Crippen LogP contribution is 2.31. The molecule has 0 bridgehead atoms. The first-order chi connectivity index (χ1) is 12.1. The van der Waals surface area contributed by atoms with Gasteiger partial charge in [-0.1, -0.05) is 36.4 Å². The summed E-state index contributed by atoms with van der Waals surface area (Å²) in [5.74, 6) is -0.698. The Labute approximate surface area is 145 Å². The monoisotopic (exact) mass is 334 g/mol. The topological polar surface area (TPSA) is 62.4 Å². The van der Waals surface area contributed by atoms with Crippen LogP contribution < -0.4 is 4.90 Å². The van der Waals surface area contributed by atoms with Crippen molar-refractivity contribution in [2.24, 2.45) is 0 Å². The molecule has 2 heterocycles. The molecule has 0 radical (unpaired) electrons. The number of rotatable bonds is 3. The fraction of sp³-hybridized carbons (Fsp3) is 0.200. The predicted octanol–water partition coefficient (Wildman–Crippen LogP) is 3.30. The van der Waals surface area contributed by atoms with Crippen LogP contribution >= 0.6 is 0 Å². The number of benzene rings is 2. The molecule has 2 aromatic carbocycles. The molecule has 0 spiro atoms. The van der Waals surface area contributed by atoms with Gasteiger partial charge in [0.2, 0.25) is 0 Å². The minimum absolute atomic E-state index is 0.0664. The second kappa shape index (κ2) is 6.09. The minimum Gasteiger partial charge on any atom is -0.452 e. The molecule has 1 N–H and O–H groups in total. The first-order valence-electron chi connectivity index (χ1n) is 8.28. The van der Waals surface area contributed by atoms with Crippen LogP contribution in [0, 0.1) is 0 Å². The summed E-state index contributed by atoms with van der Waals surface area (Å²) in [4.78, 5) is 29.7. The third-order valence-electron chi connectivity index (χ3n) is 4.61. The summed E-state index contributed by atoms with van der Waals surface area (Å²) in [5, 5.41) is 0.792. The van der Waals surface area contributed by atoms with Gasteiger partial charge in [-0.05, 0) is 31.0 Å². The number of amides is 1. The van der Waals surface area contributed by atoms with E-state index in [4.69, 9.17) is 4.74 Å². The van der Waals surface area contributed by atoms with Crippen LogP contribution in [-0.4, -0.2) is 29.5 Å². The van der Waals surface area contributed by atoms with Crippen LogP contribution in [0.15, 0.2) is 54.7 Å². The number of H-pyrrole nitrogens is 1. The third-order valence-corrected chi connectivity index (χ3v) is 4.61. The molecule has 5 heteroatoms. The lowest BCUT2D eigenvalue weighted by molar-refractivity contribution is -0.122. The number of fused-ring (bicyclic) bond motifs is 2. The molecule has 1 unspecified atom stereocenters. The van der Waals surface area contributed by atoms with E-state index in [0.717, 1.165) is 28.6 Å². The Hall–Kier alpha value is -3.08. The van der Waals surface area contributed by atoms with Crippen molar-refractivity contribution in [3.63, 3.8) is 0 Å². The zero-order valence-electron chi connectivity index (χ0n) is 13.9. The summed E-state index contributed by atoms with van der Waals surface area (Å²) in [7, 11) is 0. The number of anilines is 1. The summed E-state index contributed by atoms with van der Waals surface area (Å²) >= 11 is 0. The van der Waals surface area contributed by atoms with Crippen molar-refractivity contribution in [3.8, 4) is 0 Å². The normalized spacial score (nSPS) is 16.0. The maximum absolute atomic E-state index is 12.6. The average molecular weight is 334 g/mol. The first-order valence-corrected chi connectivity index (χ1v) is 8.28. The van der Waals surface area contributed by atoms with Crippen molar-refractivity contribution in [1.29, 1.82) is 0 Å². The van der Waals surface area contributed by atoms with E-state index in [1.807, 2.05) is 55.5 Å². The molecular weight excluding hydrogens is 316 g/mol. The van der Waals surface area contributed by atoms with Crippen molar-refractivity contribution in [2.75, 3.05) is 11.5 Å². The summed E-state index contributed by atoms with van der Waals surface area (Å²) in [6.07, 6.45) is 2.43.